The molecule has 2 rings (SSSR count). The summed E-state index contributed by atoms with van der Waals surface area (Å²) in [4.78, 5) is 1.45. The molecule has 0 aliphatic carbocycles. The van der Waals surface area contributed by atoms with E-state index >= 15 is 0 Å². The summed E-state index contributed by atoms with van der Waals surface area (Å²) in [7, 11) is 2.02. The van der Waals surface area contributed by atoms with E-state index < -0.39 is 0 Å². The summed E-state index contributed by atoms with van der Waals surface area (Å²) in [6.45, 7) is 2.12. The Morgan fingerprint density at radius 3 is 2.78 bits per heavy atom. The molecule has 3 heteroatoms. The lowest BCUT2D eigenvalue weighted by Crippen LogP contribution is -2.18. The van der Waals surface area contributed by atoms with Gasteiger partial charge >= 0.3 is 0 Å². The first-order valence-electron chi connectivity index (χ1n) is 6.16. The van der Waals surface area contributed by atoms with Gasteiger partial charge in [-0.2, -0.15) is 0 Å². The van der Waals surface area contributed by atoms with Crippen molar-refractivity contribution in [3.8, 4) is 0 Å². The third-order valence-corrected chi connectivity index (χ3v) is 4.39. The van der Waals surface area contributed by atoms with Crippen molar-refractivity contribution in [2.45, 2.75) is 25.8 Å². The van der Waals surface area contributed by atoms with Crippen LogP contribution in [0, 0.1) is 6.92 Å². The largest absolute Gasteiger partial charge is 0.313 e. The molecule has 2 aromatic rings. The van der Waals surface area contributed by atoms with Gasteiger partial charge in [-0.1, -0.05) is 23.7 Å². The molecule has 1 atom stereocenters. The first-order valence-corrected chi connectivity index (χ1v) is 7.42. The first-order chi connectivity index (χ1) is 8.70. The van der Waals surface area contributed by atoms with Crippen LogP contribution in [0.4, 0.5) is 0 Å². The Balaban J connectivity index is 2.08. The molecule has 1 N–H and O–H groups in total. The summed E-state index contributed by atoms with van der Waals surface area (Å²) in [5, 5.41) is 6.35. The van der Waals surface area contributed by atoms with E-state index in [1.54, 1.807) is 0 Å². The van der Waals surface area contributed by atoms with E-state index in [1.165, 1.54) is 16.0 Å². The van der Waals surface area contributed by atoms with Crippen molar-refractivity contribution in [3.05, 3.63) is 56.7 Å². The summed E-state index contributed by atoms with van der Waals surface area (Å²) in [6.07, 6.45) is 2.23. The van der Waals surface area contributed by atoms with Crippen LogP contribution in [0.5, 0.6) is 0 Å². The van der Waals surface area contributed by atoms with Gasteiger partial charge in [-0.25, -0.2) is 0 Å². The van der Waals surface area contributed by atoms with Gasteiger partial charge in [-0.3, -0.25) is 0 Å². The number of benzene rings is 1. The van der Waals surface area contributed by atoms with Gasteiger partial charge in [0.05, 0.1) is 0 Å². The smallest absolute Gasteiger partial charge is 0.0408 e. The molecule has 1 heterocycles. The first kappa shape index (κ1) is 13.6. The number of hydrogen-bond donors (Lipinski definition) is 1. The maximum Gasteiger partial charge on any atom is 0.0408 e. The number of aryl methyl sites for hydroxylation is 2. The van der Waals surface area contributed by atoms with Crippen molar-refractivity contribution in [1.82, 2.24) is 5.32 Å². The number of nitrogens with one attached hydrogen (secondary N) is 1. The van der Waals surface area contributed by atoms with Crippen LogP contribution in [0.1, 0.15) is 28.5 Å². The average molecular weight is 280 g/mol. The Labute approximate surface area is 118 Å². The maximum absolute atomic E-state index is 6.00. The van der Waals surface area contributed by atoms with E-state index in [0.717, 1.165) is 17.9 Å². The second kappa shape index (κ2) is 6.37. The van der Waals surface area contributed by atoms with Crippen molar-refractivity contribution in [3.63, 3.8) is 0 Å². The third kappa shape index (κ3) is 3.35. The highest BCUT2D eigenvalue weighted by Crippen LogP contribution is 2.25. The predicted molar refractivity (Wildman–Crippen MR) is 80.6 cm³/mol. The van der Waals surface area contributed by atoms with Crippen molar-refractivity contribution in [2.75, 3.05) is 7.05 Å². The van der Waals surface area contributed by atoms with Gasteiger partial charge in [0.25, 0.3) is 0 Å². The van der Waals surface area contributed by atoms with E-state index in [2.05, 4.69) is 35.8 Å². The number of hydrogen-bond acceptors (Lipinski definition) is 2. The molecule has 0 spiro atoms. The van der Waals surface area contributed by atoms with Crippen LogP contribution in [0.15, 0.2) is 35.7 Å². The van der Waals surface area contributed by atoms with Gasteiger partial charge in [0.2, 0.25) is 0 Å². The number of rotatable bonds is 5. The molecule has 0 bridgehead atoms. The van der Waals surface area contributed by atoms with E-state index in [1.807, 2.05) is 30.5 Å². The van der Waals surface area contributed by atoms with E-state index in [9.17, 15) is 0 Å². The Morgan fingerprint density at radius 2 is 2.17 bits per heavy atom. The van der Waals surface area contributed by atoms with Gasteiger partial charge in [-0.15, -0.1) is 11.3 Å². The molecule has 0 amide bonds. The van der Waals surface area contributed by atoms with Crippen molar-refractivity contribution < 1.29 is 0 Å². The molecular weight excluding hydrogens is 262 g/mol. The second-order valence-corrected chi connectivity index (χ2v) is 5.93. The standard InChI is InChI=1S/C15H18ClNS/c1-11-10-12(16)5-7-14(11)15(17-2)8-6-13-4-3-9-18-13/h3-5,7,9-10,15,17H,6,8H2,1-2H3. The minimum absolute atomic E-state index is 0.393. The molecular formula is C15H18ClNS. The highest BCUT2D eigenvalue weighted by atomic mass is 35.5. The molecule has 0 radical (unpaired) electrons. The van der Waals surface area contributed by atoms with E-state index in [4.69, 9.17) is 11.6 Å². The Kier molecular flexibility index (Phi) is 4.81. The van der Waals surface area contributed by atoms with E-state index in [0.29, 0.717) is 6.04 Å². The zero-order chi connectivity index (χ0) is 13.0. The molecule has 0 saturated carbocycles. The average Bonchev–Trinajstić information content (AvgIpc) is 2.85. The summed E-state index contributed by atoms with van der Waals surface area (Å²) in [5.41, 5.74) is 2.60. The minimum Gasteiger partial charge on any atom is -0.313 e. The Bertz CT molecular complexity index is 493. The molecule has 0 aliphatic rings. The molecule has 0 aliphatic heterocycles. The lowest BCUT2D eigenvalue weighted by molar-refractivity contribution is 0.549. The fraction of sp³-hybridized carbons (Fsp3) is 0.333. The van der Waals surface area contributed by atoms with Crippen LogP contribution in [0.25, 0.3) is 0 Å². The van der Waals surface area contributed by atoms with Gasteiger partial charge in [0, 0.05) is 15.9 Å². The summed E-state index contributed by atoms with van der Waals surface area (Å²) < 4.78 is 0. The normalized spacial score (nSPS) is 12.6. The van der Waals surface area contributed by atoms with Crippen LogP contribution in [-0.4, -0.2) is 7.05 Å². The zero-order valence-corrected chi connectivity index (χ0v) is 12.3. The Morgan fingerprint density at radius 1 is 1.33 bits per heavy atom. The fourth-order valence-electron chi connectivity index (χ4n) is 2.23. The molecule has 1 nitrogen and oxygen atoms in total. The van der Waals surface area contributed by atoms with Gasteiger partial charge < -0.3 is 5.32 Å². The maximum atomic E-state index is 6.00. The SMILES string of the molecule is CNC(CCc1cccs1)c1ccc(Cl)cc1C. The van der Waals surface area contributed by atoms with Crippen molar-refractivity contribution in [2.24, 2.45) is 0 Å². The molecule has 96 valence electrons. The number of halogens is 1. The topological polar surface area (TPSA) is 12.0 Å². The fourth-order valence-corrected chi connectivity index (χ4v) is 3.18. The molecule has 1 unspecified atom stereocenters. The number of thiophene rings is 1. The quantitative estimate of drug-likeness (QED) is 0.843. The third-order valence-electron chi connectivity index (χ3n) is 3.22. The van der Waals surface area contributed by atoms with Gasteiger partial charge in [0.15, 0.2) is 0 Å². The van der Waals surface area contributed by atoms with Crippen LogP contribution in [0.3, 0.4) is 0 Å². The minimum atomic E-state index is 0.393. The van der Waals surface area contributed by atoms with Crippen LogP contribution >= 0.6 is 22.9 Å². The van der Waals surface area contributed by atoms with Crippen molar-refractivity contribution in [1.29, 1.82) is 0 Å². The highest BCUT2D eigenvalue weighted by molar-refractivity contribution is 7.09. The van der Waals surface area contributed by atoms with Crippen LogP contribution in [0.2, 0.25) is 5.02 Å². The second-order valence-electron chi connectivity index (χ2n) is 4.46. The molecule has 18 heavy (non-hydrogen) atoms. The van der Waals surface area contributed by atoms with E-state index in [-0.39, 0.29) is 0 Å². The van der Waals surface area contributed by atoms with Crippen LogP contribution < -0.4 is 5.32 Å². The molecule has 0 saturated heterocycles. The summed E-state index contributed by atoms with van der Waals surface area (Å²) in [6, 6.07) is 10.8. The molecule has 1 aromatic carbocycles. The monoisotopic (exact) mass is 279 g/mol. The Hall–Kier alpha value is -0.830. The zero-order valence-electron chi connectivity index (χ0n) is 10.7. The van der Waals surface area contributed by atoms with Crippen LogP contribution in [-0.2, 0) is 6.42 Å². The molecule has 1 aromatic heterocycles. The summed E-state index contributed by atoms with van der Waals surface area (Å²) in [5.74, 6) is 0. The predicted octanol–water partition coefficient (Wildman–Crippen LogP) is 4.60. The summed E-state index contributed by atoms with van der Waals surface area (Å²) >= 11 is 7.83. The van der Waals surface area contributed by atoms with Gasteiger partial charge in [0.1, 0.15) is 0 Å². The lowest BCUT2D eigenvalue weighted by Gasteiger charge is -2.18. The lowest BCUT2D eigenvalue weighted by atomic mass is 9.97. The highest BCUT2D eigenvalue weighted by Gasteiger charge is 2.12. The van der Waals surface area contributed by atoms with Crippen molar-refractivity contribution >= 4 is 22.9 Å². The van der Waals surface area contributed by atoms with Gasteiger partial charge in [-0.05, 0) is 61.5 Å². The molecule has 0 fully saturated rings.